The van der Waals surface area contributed by atoms with Crippen LogP contribution in [0.25, 0.3) is 0 Å². The topological polar surface area (TPSA) is 58.4 Å². The van der Waals surface area contributed by atoms with Crippen molar-refractivity contribution in [1.29, 1.82) is 0 Å². The van der Waals surface area contributed by atoms with Crippen LogP contribution in [0.2, 0.25) is 0 Å². The fourth-order valence-corrected chi connectivity index (χ4v) is 2.10. The maximum atomic E-state index is 12.2. The van der Waals surface area contributed by atoms with E-state index in [-0.39, 0.29) is 5.91 Å². The second-order valence-corrected chi connectivity index (χ2v) is 4.74. The Morgan fingerprint density at radius 2 is 2.05 bits per heavy atom. The predicted octanol–water partition coefficient (Wildman–Crippen LogP) is 1.46. The molecular formula is C17H25N3O. The van der Waals surface area contributed by atoms with Crippen LogP contribution in [0.3, 0.4) is 0 Å². The predicted molar refractivity (Wildman–Crippen MR) is 87.1 cm³/mol. The van der Waals surface area contributed by atoms with Crippen molar-refractivity contribution >= 4 is 5.91 Å². The molecule has 4 nitrogen and oxygen atoms in total. The molecule has 4 heteroatoms. The number of amides is 1. The van der Waals surface area contributed by atoms with E-state index in [1.165, 1.54) is 0 Å². The molecule has 0 aliphatic carbocycles. The van der Waals surface area contributed by atoms with Crippen molar-refractivity contribution in [2.24, 2.45) is 5.73 Å². The van der Waals surface area contributed by atoms with Gasteiger partial charge in [0, 0.05) is 18.7 Å². The normalized spacial score (nSPS) is 10.1. The molecule has 114 valence electrons. The molecule has 0 saturated carbocycles. The summed E-state index contributed by atoms with van der Waals surface area (Å²) in [7, 11) is 0. The van der Waals surface area contributed by atoms with E-state index >= 15 is 0 Å². The van der Waals surface area contributed by atoms with Crippen molar-refractivity contribution in [3.8, 4) is 11.8 Å². The molecule has 0 aromatic heterocycles. The molecule has 0 atom stereocenters. The maximum Gasteiger partial charge on any atom is 0.252 e. The van der Waals surface area contributed by atoms with Crippen LogP contribution in [0.5, 0.6) is 0 Å². The van der Waals surface area contributed by atoms with Crippen molar-refractivity contribution in [3.05, 3.63) is 35.4 Å². The van der Waals surface area contributed by atoms with E-state index in [4.69, 9.17) is 5.73 Å². The number of hydrogen-bond donors (Lipinski definition) is 2. The summed E-state index contributed by atoms with van der Waals surface area (Å²) in [6, 6.07) is 7.35. The van der Waals surface area contributed by atoms with Crippen molar-refractivity contribution < 1.29 is 4.79 Å². The Hall–Kier alpha value is -1.83. The lowest BCUT2D eigenvalue weighted by Crippen LogP contribution is -2.35. The molecule has 0 bridgehead atoms. The average molecular weight is 287 g/mol. The van der Waals surface area contributed by atoms with E-state index in [1.807, 2.05) is 18.2 Å². The first-order valence-electron chi connectivity index (χ1n) is 7.51. The van der Waals surface area contributed by atoms with E-state index in [9.17, 15) is 4.79 Å². The lowest BCUT2D eigenvalue weighted by Gasteiger charge is -2.19. The quantitative estimate of drug-likeness (QED) is 0.747. The molecule has 1 aromatic carbocycles. The third kappa shape index (κ3) is 5.99. The lowest BCUT2D eigenvalue weighted by atomic mass is 10.1. The average Bonchev–Trinajstić information content (AvgIpc) is 2.52. The molecule has 0 spiro atoms. The number of nitrogens with two attached hydrogens (primary N) is 1. The zero-order valence-corrected chi connectivity index (χ0v) is 13.0. The number of nitrogens with one attached hydrogen (secondary N) is 1. The zero-order chi connectivity index (χ0) is 15.5. The van der Waals surface area contributed by atoms with Gasteiger partial charge < -0.3 is 16.0 Å². The fourth-order valence-electron chi connectivity index (χ4n) is 2.10. The van der Waals surface area contributed by atoms with E-state index < -0.39 is 0 Å². The second kappa shape index (κ2) is 9.98. The van der Waals surface area contributed by atoms with Crippen molar-refractivity contribution in [3.63, 3.8) is 0 Å². The molecule has 0 heterocycles. The lowest BCUT2D eigenvalue weighted by molar-refractivity contribution is 0.0948. The maximum absolute atomic E-state index is 12.2. The van der Waals surface area contributed by atoms with E-state index in [0.29, 0.717) is 18.7 Å². The van der Waals surface area contributed by atoms with Gasteiger partial charge in [0.15, 0.2) is 0 Å². The van der Waals surface area contributed by atoms with Gasteiger partial charge in [-0.15, -0.1) is 0 Å². The highest BCUT2D eigenvalue weighted by atomic mass is 16.1. The first-order valence-corrected chi connectivity index (χ1v) is 7.51. The Balaban J connectivity index is 2.60. The highest BCUT2D eigenvalue weighted by Crippen LogP contribution is 2.07. The van der Waals surface area contributed by atoms with Crippen LogP contribution in [0.15, 0.2) is 24.3 Å². The number of benzene rings is 1. The number of hydrogen-bond acceptors (Lipinski definition) is 3. The summed E-state index contributed by atoms with van der Waals surface area (Å²) < 4.78 is 0. The first-order chi connectivity index (χ1) is 10.2. The molecule has 0 aliphatic rings. The van der Waals surface area contributed by atoms with Gasteiger partial charge in [-0.05, 0) is 31.6 Å². The SMILES string of the molecule is CCCN(CC)CCNC(=O)c1ccccc1C#CCN. The Kier molecular flexibility index (Phi) is 8.18. The van der Waals surface area contributed by atoms with Crippen LogP contribution in [0, 0.1) is 11.8 Å². The summed E-state index contributed by atoms with van der Waals surface area (Å²) in [5, 5.41) is 2.96. The van der Waals surface area contributed by atoms with Gasteiger partial charge in [-0.2, -0.15) is 0 Å². The molecule has 0 unspecified atom stereocenters. The van der Waals surface area contributed by atoms with Crippen LogP contribution in [0.4, 0.5) is 0 Å². The molecule has 1 aromatic rings. The van der Waals surface area contributed by atoms with Crippen LogP contribution in [-0.2, 0) is 0 Å². The molecule has 0 aliphatic heterocycles. The van der Waals surface area contributed by atoms with Crippen LogP contribution < -0.4 is 11.1 Å². The van der Waals surface area contributed by atoms with Gasteiger partial charge in [0.2, 0.25) is 0 Å². The summed E-state index contributed by atoms with van der Waals surface area (Å²) in [6.07, 6.45) is 1.12. The molecule has 1 rings (SSSR count). The van der Waals surface area contributed by atoms with Crippen molar-refractivity contribution in [1.82, 2.24) is 10.2 Å². The largest absolute Gasteiger partial charge is 0.351 e. The Morgan fingerprint density at radius 1 is 1.29 bits per heavy atom. The second-order valence-electron chi connectivity index (χ2n) is 4.74. The van der Waals surface area contributed by atoms with Crippen LogP contribution in [0.1, 0.15) is 36.2 Å². The third-order valence-electron chi connectivity index (χ3n) is 3.20. The van der Waals surface area contributed by atoms with Crippen LogP contribution >= 0.6 is 0 Å². The molecule has 0 fully saturated rings. The Labute approximate surface area is 127 Å². The molecule has 3 N–H and O–H groups in total. The number of likely N-dealkylation sites (N-methyl/N-ethyl adjacent to an activating group) is 1. The van der Waals surface area contributed by atoms with E-state index in [2.05, 4.69) is 35.9 Å². The van der Waals surface area contributed by atoms with Crippen LogP contribution in [-0.4, -0.2) is 43.5 Å². The number of carbonyl (C=O) groups is 1. The van der Waals surface area contributed by atoms with Gasteiger partial charge >= 0.3 is 0 Å². The number of rotatable bonds is 7. The molecule has 21 heavy (non-hydrogen) atoms. The fraction of sp³-hybridized carbons (Fsp3) is 0.471. The highest BCUT2D eigenvalue weighted by molar-refractivity contribution is 5.96. The molecular weight excluding hydrogens is 262 g/mol. The number of nitrogens with zero attached hydrogens (tertiary/aromatic N) is 1. The minimum atomic E-state index is -0.0792. The Morgan fingerprint density at radius 3 is 2.71 bits per heavy atom. The summed E-state index contributed by atoms with van der Waals surface area (Å²) in [4.78, 5) is 14.5. The van der Waals surface area contributed by atoms with Gasteiger partial charge in [0.25, 0.3) is 5.91 Å². The summed E-state index contributed by atoms with van der Waals surface area (Å²) in [6.45, 7) is 8.16. The Bertz CT molecular complexity index is 502. The summed E-state index contributed by atoms with van der Waals surface area (Å²) >= 11 is 0. The molecule has 0 saturated heterocycles. The van der Waals surface area contributed by atoms with Crippen molar-refractivity contribution in [2.45, 2.75) is 20.3 Å². The van der Waals surface area contributed by atoms with E-state index in [0.717, 1.165) is 31.6 Å². The number of carbonyl (C=O) groups excluding carboxylic acids is 1. The minimum absolute atomic E-state index is 0.0792. The van der Waals surface area contributed by atoms with Gasteiger partial charge in [0.1, 0.15) is 0 Å². The standard InChI is InChI=1S/C17H25N3O/c1-3-13-20(4-2)14-12-19-17(21)16-10-6-5-8-15(16)9-7-11-18/h5-6,8,10H,3-4,11-14,18H2,1-2H3,(H,19,21). The van der Waals surface area contributed by atoms with Gasteiger partial charge in [0.05, 0.1) is 12.1 Å². The van der Waals surface area contributed by atoms with Gasteiger partial charge in [-0.25, -0.2) is 0 Å². The summed E-state index contributed by atoms with van der Waals surface area (Å²) in [5.74, 6) is 5.65. The monoisotopic (exact) mass is 287 g/mol. The zero-order valence-electron chi connectivity index (χ0n) is 13.0. The van der Waals surface area contributed by atoms with Gasteiger partial charge in [-0.3, -0.25) is 4.79 Å². The highest BCUT2D eigenvalue weighted by Gasteiger charge is 2.09. The smallest absolute Gasteiger partial charge is 0.252 e. The molecule has 0 radical (unpaired) electrons. The van der Waals surface area contributed by atoms with Crippen molar-refractivity contribution in [2.75, 3.05) is 32.7 Å². The first kappa shape index (κ1) is 17.2. The summed E-state index contributed by atoms with van der Waals surface area (Å²) in [5.41, 5.74) is 6.71. The van der Waals surface area contributed by atoms with E-state index in [1.54, 1.807) is 6.07 Å². The molecule has 1 amide bonds. The van der Waals surface area contributed by atoms with Gasteiger partial charge in [-0.1, -0.05) is 37.8 Å². The third-order valence-corrected chi connectivity index (χ3v) is 3.20. The minimum Gasteiger partial charge on any atom is -0.351 e.